The maximum atomic E-state index is 8.69. The summed E-state index contributed by atoms with van der Waals surface area (Å²) < 4.78 is 0. The van der Waals surface area contributed by atoms with E-state index in [-0.39, 0.29) is 5.75 Å². The topological polar surface area (TPSA) is 44.0 Å². The smallest absolute Gasteiger partial charge is 0.123 e. The number of aromatic hydroxyl groups is 1. The van der Waals surface area contributed by atoms with Crippen LogP contribution < -0.4 is 0 Å². The van der Waals surface area contributed by atoms with Gasteiger partial charge in [0.25, 0.3) is 0 Å². The summed E-state index contributed by atoms with van der Waals surface area (Å²) in [5.41, 5.74) is 0.507. The van der Waals surface area contributed by atoms with Crippen molar-refractivity contribution in [2.45, 2.75) is 0 Å². The Balaban J connectivity index is 3.06. The molecule has 0 unspecified atom stereocenters. The molecule has 0 aliphatic heterocycles. The number of hydrogen-bond donors (Lipinski definition) is 1. The minimum absolute atomic E-state index is 0.0639. The Morgan fingerprint density at radius 3 is 2.78 bits per heavy atom. The molecule has 1 aromatic rings. The molecule has 0 aliphatic carbocycles. The predicted molar refractivity (Wildman–Crippen MR) is 31.7 cm³/mol. The molecule has 0 aliphatic rings. The first-order chi connectivity index (χ1) is 4.33. The molecule has 1 rings (SSSR count). The summed E-state index contributed by atoms with van der Waals surface area (Å²) >= 11 is 0. The number of rotatable bonds is 0. The van der Waals surface area contributed by atoms with Crippen LogP contribution in [0, 0.1) is 17.4 Å². The monoisotopic (exact) mass is 118 g/mol. The maximum Gasteiger partial charge on any atom is 0.123 e. The third kappa shape index (κ3) is 1.20. The minimum Gasteiger partial charge on any atom is -0.507 e. The Bertz CT molecular complexity index is 232. The van der Waals surface area contributed by atoms with E-state index in [1.807, 2.05) is 6.07 Å². The SMILES string of the molecule is N#Cc1c[c]c(O)cc1. The average molecular weight is 118 g/mol. The molecule has 2 nitrogen and oxygen atoms in total. The van der Waals surface area contributed by atoms with Gasteiger partial charge in [-0.2, -0.15) is 5.26 Å². The number of phenolic OH excluding ortho intramolecular Hbond substituents is 1. The summed E-state index contributed by atoms with van der Waals surface area (Å²) in [6.45, 7) is 0. The van der Waals surface area contributed by atoms with E-state index >= 15 is 0 Å². The molecule has 0 fully saturated rings. The molecule has 9 heavy (non-hydrogen) atoms. The lowest BCUT2D eigenvalue weighted by Crippen LogP contribution is -1.69. The second kappa shape index (κ2) is 2.19. The predicted octanol–water partition coefficient (Wildman–Crippen LogP) is 1.06. The van der Waals surface area contributed by atoms with E-state index < -0.39 is 0 Å². The van der Waals surface area contributed by atoms with Crippen molar-refractivity contribution in [1.82, 2.24) is 0 Å². The summed E-state index contributed by atoms with van der Waals surface area (Å²) in [4.78, 5) is 0. The van der Waals surface area contributed by atoms with Gasteiger partial charge in [0.05, 0.1) is 11.6 Å². The molecule has 0 spiro atoms. The van der Waals surface area contributed by atoms with Crippen LogP contribution in [0.2, 0.25) is 0 Å². The van der Waals surface area contributed by atoms with Crippen molar-refractivity contribution in [2.75, 3.05) is 0 Å². The van der Waals surface area contributed by atoms with Crippen molar-refractivity contribution in [3.63, 3.8) is 0 Å². The van der Waals surface area contributed by atoms with E-state index in [1.165, 1.54) is 18.2 Å². The first kappa shape index (κ1) is 5.64. The van der Waals surface area contributed by atoms with Gasteiger partial charge >= 0.3 is 0 Å². The molecule has 1 N–H and O–H groups in total. The molecule has 0 aromatic heterocycles. The van der Waals surface area contributed by atoms with E-state index in [2.05, 4.69) is 6.07 Å². The fraction of sp³-hybridized carbons (Fsp3) is 0. The fourth-order valence-electron chi connectivity index (χ4n) is 0.486. The Morgan fingerprint density at radius 2 is 2.33 bits per heavy atom. The quantitative estimate of drug-likeness (QED) is 0.553. The summed E-state index contributed by atoms with van der Waals surface area (Å²) in [6, 6.07) is 8.80. The lowest BCUT2D eigenvalue weighted by Gasteiger charge is -1.86. The normalized spacial score (nSPS) is 8.33. The van der Waals surface area contributed by atoms with Crippen molar-refractivity contribution in [1.29, 1.82) is 5.26 Å². The molecule has 0 heterocycles. The second-order valence-corrected chi connectivity index (χ2v) is 1.57. The van der Waals surface area contributed by atoms with Crippen molar-refractivity contribution in [2.24, 2.45) is 0 Å². The standard InChI is InChI=1S/C7H4NO/c8-5-6-1-3-7(9)4-2-6/h1-3,9H. The van der Waals surface area contributed by atoms with Crippen LogP contribution in [0.25, 0.3) is 0 Å². The Morgan fingerprint density at radius 1 is 1.56 bits per heavy atom. The summed E-state index contributed by atoms with van der Waals surface area (Å²) in [5, 5.41) is 17.0. The zero-order chi connectivity index (χ0) is 6.69. The molecule has 0 bridgehead atoms. The molecule has 1 radical (unpaired) electrons. The highest BCUT2D eigenvalue weighted by Gasteiger charge is 1.87. The van der Waals surface area contributed by atoms with Gasteiger partial charge in [0.1, 0.15) is 5.75 Å². The Hall–Kier alpha value is -1.49. The zero-order valence-corrected chi connectivity index (χ0v) is 4.63. The van der Waals surface area contributed by atoms with Gasteiger partial charge in [-0.15, -0.1) is 0 Å². The number of phenols is 1. The summed E-state index contributed by atoms with van der Waals surface area (Å²) in [5.74, 6) is 0.0639. The van der Waals surface area contributed by atoms with Gasteiger partial charge in [-0.3, -0.25) is 0 Å². The number of hydrogen-bond acceptors (Lipinski definition) is 2. The molecular formula is C7H4NO. The first-order valence-electron chi connectivity index (χ1n) is 2.44. The third-order valence-electron chi connectivity index (χ3n) is 0.925. The maximum absolute atomic E-state index is 8.69. The molecule has 0 atom stereocenters. The Kier molecular flexibility index (Phi) is 1.37. The van der Waals surface area contributed by atoms with Gasteiger partial charge in [-0.1, -0.05) is 0 Å². The Labute approximate surface area is 53.0 Å². The van der Waals surface area contributed by atoms with Crippen molar-refractivity contribution < 1.29 is 5.11 Å². The van der Waals surface area contributed by atoms with E-state index in [0.717, 1.165) is 0 Å². The molecule has 0 saturated heterocycles. The van der Waals surface area contributed by atoms with Gasteiger partial charge in [-0.25, -0.2) is 0 Å². The molecule has 43 valence electrons. The molecule has 2 heteroatoms. The van der Waals surface area contributed by atoms with Crippen molar-refractivity contribution >= 4 is 0 Å². The minimum atomic E-state index is 0.0639. The fourth-order valence-corrected chi connectivity index (χ4v) is 0.486. The lowest BCUT2D eigenvalue weighted by molar-refractivity contribution is 0.474. The van der Waals surface area contributed by atoms with Crippen LogP contribution in [0.4, 0.5) is 0 Å². The number of benzene rings is 1. The first-order valence-corrected chi connectivity index (χ1v) is 2.44. The van der Waals surface area contributed by atoms with Crippen LogP contribution in [0.3, 0.4) is 0 Å². The summed E-state index contributed by atoms with van der Waals surface area (Å²) in [7, 11) is 0. The van der Waals surface area contributed by atoms with Crippen LogP contribution in [-0.2, 0) is 0 Å². The van der Waals surface area contributed by atoms with Crippen LogP contribution in [-0.4, -0.2) is 5.11 Å². The highest BCUT2D eigenvalue weighted by Crippen LogP contribution is 2.06. The van der Waals surface area contributed by atoms with E-state index in [0.29, 0.717) is 5.56 Å². The van der Waals surface area contributed by atoms with Crippen LogP contribution in [0.1, 0.15) is 5.56 Å². The highest BCUT2D eigenvalue weighted by atomic mass is 16.3. The molecular weight excluding hydrogens is 114 g/mol. The molecule has 0 saturated carbocycles. The van der Waals surface area contributed by atoms with Crippen LogP contribution >= 0.6 is 0 Å². The van der Waals surface area contributed by atoms with Gasteiger partial charge in [0.2, 0.25) is 0 Å². The van der Waals surface area contributed by atoms with Crippen LogP contribution in [0.15, 0.2) is 18.2 Å². The lowest BCUT2D eigenvalue weighted by atomic mass is 10.2. The molecule has 0 amide bonds. The van der Waals surface area contributed by atoms with Gasteiger partial charge < -0.3 is 5.11 Å². The van der Waals surface area contributed by atoms with E-state index in [9.17, 15) is 0 Å². The van der Waals surface area contributed by atoms with Crippen LogP contribution in [0.5, 0.6) is 5.75 Å². The average Bonchev–Trinajstić information content (AvgIpc) is 1.90. The van der Waals surface area contributed by atoms with Gasteiger partial charge in [0.15, 0.2) is 0 Å². The zero-order valence-electron chi connectivity index (χ0n) is 4.63. The third-order valence-corrected chi connectivity index (χ3v) is 0.925. The van der Waals surface area contributed by atoms with Crippen molar-refractivity contribution in [3.05, 3.63) is 29.8 Å². The number of nitrogens with zero attached hydrogens (tertiary/aromatic N) is 1. The second-order valence-electron chi connectivity index (χ2n) is 1.57. The molecule has 1 aromatic carbocycles. The summed E-state index contributed by atoms with van der Waals surface area (Å²) in [6.07, 6.45) is 0. The van der Waals surface area contributed by atoms with E-state index in [4.69, 9.17) is 10.4 Å². The van der Waals surface area contributed by atoms with Gasteiger partial charge in [-0.05, 0) is 18.2 Å². The van der Waals surface area contributed by atoms with E-state index in [1.54, 1.807) is 0 Å². The van der Waals surface area contributed by atoms with Crippen molar-refractivity contribution in [3.8, 4) is 11.8 Å². The van der Waals surface area contributed by atoms with Gasteiger partial charge in [0, 0.05) is 6.07 Å². The number of nitriles is 1. The highest BCUT2D eigenvalue weighted by molar-refractivity contribution is 5.32. The largest absolute Gasteiger partial charge is 0.507 e.